The summed E-state index contributed by atoms with van der Waals surface area (Å²) in [6.45, 7) is 4.39. The molecule has 2 rings (SSSR count). The van der Waals surface area contributed by atoms with Gasteiger partial charge in [0.05, 0.1) is 5.60 Å². The third-order valence-corrected chi connectivity index (χ3v) is 4.39. The average Bonchev–Trinajstić information content (AvgIpc) is 2.31. The van der Waals surface area contributed by atoms with E-state index < -0.39 is 5.60 Å². The highest BCUT2D eigenvalue weighted by Gasteiger charge is 2.37. The van der Waals surface area contributed by atoms with Crippen LogP contribution in [0, 0.1) is 17.7 Å². The van der Waals surface area contributed by atoms with Crippen LogP contribution in [0.5, 0.6) is 0 Å². The van der Waals surface area contributed by atoms with Gasteiger partial charge in [-0.2, -0.15) is 0 Å². The summed E-state index contributed by atoms with van der Waals surface area (Å²) in [6.07, 6.45) is 4.59. The minimum absolute atomic E-state index is 0.334. The Morgan fingerprint density at radius 2 is 2.21 bits per heavy atom. The number of rotatable bonds is 3. The van der Waals surface area contributed by atoms with E-state index in [1.807, 2.05) is 0 Å². The molecule has 1 fully saturated rings. The number of aliphatic hydroxyl groups is 1. The molecule has 0 aliphatic heterocycles. The Morgan fingerprint density at radius 3 is 2.89 bits per heavy atom. The first kappa shape index (κ1) is 14.8. The lowest BCUT2D eigenvalue weighted by Gasteiger charge is -2.38. The first-order valence-corrected chi connectivity index (χ1v) is 7.46. The fourth-order valence-corrected chi connectivity index (χ4v) is 3.62. The van der Waals surface area contributed by atoms with Gasteiger partial charge >= 0.3 is 0 Å². The maximum atomic E-state index is 13.4. The van der Waals surface area contributed by atoms with Crippen molar-refractivity contribution in [3.05, 3.63) is 34.6 Å². The fraction of sp³-hybridized carbons (Fsp3) is 0.625. The number of hydrogen-bond acceptors (Lipinski definition) is 1. The normalized spacial score (nSPS) is 27.8. The Balaban J connectivity index is 2.23. The lowest BCUT2D eigenvalue weighted by molar-refractivity contribution is -0.0245. The third kappa shape index (κ3) is 3.49. The molecule has 1 aromatic carbocycles. The van der Waals surface area contributed by atoms with Gasteiger partial charge in [-0.15, -0.1) is 0 Å². The van der Waals surface area contributed by atoms with E-state index >= 15 is 0 Å². The molecule has 0 aromatic heterocycles. The summed E-state index contributed by atoms with van der Waals surface area (Å²) in [6, 6.07) is 4.26. The van der Waals surface area contributed by atoms with Crippen LogP contribution < -0.4 is 0 Å². The molecule has 2 unspecified atom stereocenters. The van der Waals surface area contributed by atoms with E-state index in [1.54, 1.807) is 0 Å². The summed E-state index contributed by atoms with van der Waals surface area (Å²) in [5.74, 6) is 0.784. The van der Waals surface area contributed by atoms with Crippen molar-refractivity contribution in [3.63, 3.8) is 0 Å². The molecule has 1 saturated carbocycles. The Morgan fingerprint density at radius 1 is 1.47 bits per heavy atom. The monoisotopic (exact) mass is 284 g/mol. The summed E-state index contributed by atoms with van der Waals surface area (Å²) < 4.78 is 13.4. The van der Waals surface area contributed by atoms with Crippen molar-refractivity contribution in [1.82, 2.24) is 0 Å². The molecule has 2 atom stereocenters. The van der Waals surface area contributed by atoms with Crippen molar-refractivity contribution in [2.75, 3.05) is 0 Å². The predicted molar refractivity (Wildman–Crippen MR) is 76.7 cm³/mol. The second kappa shape index (κ2) is 5.80. The van der Waals surface area contributed by atoms with Gasteiger partial charge in [-0.1, -0.05) is 31.9 Å². The van der Waals surface area contributed by atoms with Gasteiger partial charge in [0.15, 0.2) is 0 Å². The van der Waals surface area contributed by atoms with Crippen LogP contribution in [0.3, 0.4) is 0 Å². The molecule has 19 heavy (non-hydrogen) atoms. The maximum absolute atomic E-state index is 13.4. The van der Waals surface area contributed by atoms with Gasteiger partial charge in [0.25, 0.3) is 0 Å². The second-order valence-electron chi connectivity index (χ2n) is 6.25. The molecular weight excluding hydrogens is 263 g/mol. The molecule has 1 aromatic rings. The lowest BCUT2D eigenvalue weighted by Crippen LogP contribution is -2.33. The summed E-state index contributed by atoms with van der Waals surface area (Å²) >= 11 is 6.15. The van der Waals surface area contributed by atoms with Crippen LogP contribution in [0.1, 0.15) is 51.5 Å². The van der Waals surface area contributed by atoms with Crippen LogP contribution in [0.15, 0.2) is 18.2 Å². The van der Waals surface area contributed by atoms with E-state index in [1.165, 1.54) is 18.2 Å². The lowest BCUT2D eigenvalue weighted by atomic mass is 9.72. The first-order chi connectivity index (χ1) is 8.90. The zero-order valence-corrected chi connectivity index (χ0v) is 12.4. The minimum Gasteiger partial charge on any atom is -0.385 e. The van der Waals surface area contributed by atoms with Crippen molar-refractivity contribution in [3.8, 4) is 0 Å². The Kier molecular flexibility index (Phi) is 4.52. The molecule has 1 aliphatic carbocycles. The standard InChI is InChI=1S/C16H22ClFO/c1-11(2)8-12-4-3-7-16(19,10-12)14-9-13(18)5-6-15(14)17/h5-6,9,11-12,19H,3-4,7-8,10H2,1-2H3. The highest BCUT2D eigenvalue weighted by molar-refractivity contribution is 6.31. The van der Waals surface area contributed by atoms with Crippen LogP contribution in [-0.4, -0.2) is 5.11 Å². The van der Waals surface area contributed by atoms with E-state index in [-0.39, 0.29) is 5.82 Å². The summed E-state index contributed by atoms with van der Waals surface area (Å²) in [7, 11) is 0. The van der Waals surface area contributed by atoms with E-state index in [0.29, 0.717) is 35.3 Å². The molecule has 106 valence electrons. The molecule has 0 bridgehead atoms. The fourth-order valence-electron chi connectivity index (χ4n) is 3.33. The second-order valence-corrected chi connectivity index (χ2v) is 6.65. The van der Waals surface area contributed by atoms with Gasteiger partial charge in [0.1, 0.15) is 5.82 Å². The number of benzene rings is 1. The largest absolute Gasteiger partial charge is 0.385 e. The quantitative estimate of drug-likeness (QED) is 0.837. The van der Waals surface area contributed by atoms with Crippen LogP contribution in [0.4, 0.5) is 4.39 Å². The molecule has 0 spiro atoms. The van der Waals surface area contributed by atoms with Crippen molar-refractivity contribution < 1.29 is 9.50 Å². The Bertz CT molecular complexity index is 446. The molecule has 1 nitrogen and oxygen atoms in total. The summed E-state index contributed by atoms with van der Waals surface area (Å²) in [5, 5.41) is 11.3. The summed E-state index contributed by atoms with van der Waals surface area (Å²) in [5.41, 5.74) is -0.403. The van der Waals surface area contributed by atoms with Gasteiger partial charge in [-0.05, 0) is 55.7 Å². The molecule has 1 N–H and O–H groups in total. The van der Waals surface area contributed by atoms with Crippen molar-refractivity contribution in [1.29, 1.82) is 0 Å². The van der Waals surface area contributed by atoms with Crippen LogP contribution in [-0.2, 0) is 5.60 Å². The van der Waals surface area contributed by atoms with E-state index in [4.69, 9.17) is 11.6 Å². The van der Waals surface area contributed by atoms with E-state index in [2.05, 4.69) is 13.8 Å². The minimum atomic E-state index is -0.961. The van der Waals surface area contributed by atoms with Crippen LogP contribution in [0.25, 0.3) is 0 Å². The van der Waals surface area contributed by atoms with Crippen molar-refractivity contribution in [2.45, 2.75) is 51.6 Å². The molecule has 0 saturated heterocycles. The first-order valence-electron chi connectivity index (χ1n) is 7.08. The maximum Gasteiger partial charge on any atom is 0.123 e. The topological polar surface area (TPSA) is 20.2 Å². The van der Waals surface area contributed by atoms with Gasteiger partial charge in [0, 0.05) is 10.6 Å². The molecule has 0 heterocycles. The Labute approximate surface area is 119 Å². The number of halogens is 2. The van der Waals surface area contributed by atoms with Crippen molar-refractivity contribution >= 4 is 11.6 Å². The molecule has 0 amide bonds. The smallest absolute Gasteiger partial charge is 0.123 e. The van der Waals surface area contributed by atoms with Gasteiger partial charge in [-0.25, -0.2) is 4.39 Å². The van der Waals surface area contributed by atoms with Gasteiger partial charge < -0.3 is 5.11 Å². The zero-order chi connectivity index (χ0) is 14.0. The third-order valence-electron chi connectivity index (χ3n) is 4.06. The van der Waals surface area contributed by atoms with Crippen molar-refractivity contribution in [2.24, 2.45) is 11.8 Å². The van der Waals surface area contributed by atoms with Gasteiger partial charge in [0.2, 0.25) is 0 Å². The number of hydrogen-bond donors (Lipinski definition) is 1. The predicted octanol–water partition coefficient (Wildman–Crippen LogP) is 4.90. The van der Waals surface area contributed by atoms with E-state index in [9.17, 15) is 9.50 Å². The molecule has 1 aliphatic rings. The molecular formula is C16H22ClFO. The average molecular weight is 285 g/mol. The Hall–Kier alpha value is -0.600. The SMILES string of the molecule is CC(C)CC1CCCC(O)(c2cc(F)ccc2Cl)C1. The van der Waals surface area contributed by atoms with Crippen LogP contribution >= 0.6 is 11.6 Å². The molecule has 3 heteroatoms. The summed E-state index contributed by atoms with van der Waals surface area (Å²) in [4.78, 5) is 0. The van der Waals surface area contributed by atoms with Gasteiger partial charge in [-0.3, -0.25) is 0 Å². The van der Waals surface area contributed by atoms with E-state index in [0.717, 1.165) is 19.3 Å². The molecule has 0 radical (unpaired) electrons. The highest BCUT2D eigenvalue weighted by Crippen LogP contribution is 2.44. The highest BCUT2D eigenvalue weighted by atomic mass is 35.5. The zero-order valence-electron chi connectivity index (χ0n) is 11.6. The van der Waals surface area contributed by atoms with Crippen LogP contribution in [0.2, 0.25) is 5.02 Å².